The van der Waals surface area contributed by atoms with Crippen molar-refractivity contribution < 1.29 is 4.79 Å². The summed E-state index contributed by atoms with van der Waals surface area (Å²) in [6.07, 6.45) is 8.09. The lowest BCUT2D eigenvalue weighted by atomic mass is 10.0. The molecule has 2 aliphatic heterocycles. The van der Waals surface area contributed by atoms with Crippen molar-refractivity contribution in [2.45, 2.75) is 31.7 Å². The Hall–Kier alpha value is -2.41. The van der Waals surface area contributed by atoms with Crippen LogP contribution in [-0.4, -0.2) is 62.5 Å². The third-order valence-corrected chi connectivity index (χ3v) is 7.56. The van der Waals surface area contributed by atoms with Gasteiger partial charge in [0, 0.05) is 49.7 Å². The van der Waals surface area contributed by atoms with Crippen LogP contribution in [0, 0.1) is 0 Å². The molecule has 2 fully saturated rings. The monoisotopic (exact) mass is 483 g/mol. The molecule has 2 saturated heterocycles. The standard InChI is InChI=1S/C25H27Cl2N5O/c1-30-23(25(33)32-13-8-19(9-14-32)31-11-2-3-12-31)22(18-5-4-10-28-16-18)29-24(30)17-6-7-20(26)21(27)15-17/h4-7,10,15-16,19H,2-3,8-9,11-14H2,1H3. The molecule has 0 bridgehead atoms. The SMILES string of the molecule is Cn1c(-c2ccc(Cl)c(Cl)c2)nc(-c2cccnc2)c1C(=O)N1CCC(N2CCCC2)CC1. The third-order valence-electron chi connectivity index (χ3n) is 6.82. The van der Waals surface area contributed by atoms with E-state index in [9.17, 15) is 4.79 Å². The highest BCUT2D eigenvalue weighted by molar-refractivity contribution is 6.42. The van der Waals surface area contributed by atoms with E-state index in [0.717, 1.165) is 37.1 Å². The van der Waals surface area contributed by atoms with Crippen LogP contribution in [0.15, 0.2) is 42.7 Å². The first-order valence-electron chi connectivity index (χ1n) is 11.5. The minimum absolute atomic E-state index is 0.00929. The van der Waals surface area contributed by atoms with Gasteiger partial charge in [-0.2, -0.15) is 0 Å². The zero-order valence-corrected chi connectivity index (χ0v) is 20.2. The van der Waals surface area contributed by atoms with Crippen molar-refractivity contribution in [3.63, 3.8) is 0 Å². The molecule has 1 aromatic carbocycles. The first kappa shape index (κ1) is 22.4. The van der Waals surface area contributed by atoms with Gasteiger partial charge in [0.2, 0.25) is 0 Å². The van der Waals surface area contributed by atoms with Crippen molar-refractivity contribution >= 4 is 29.1 Å². The summed E-state index contributed by atoms with van der Waals surface area (Å²) in [7, 11) is 1.88. The molecule has 0 spiro atoms. The molecule has 0 saturated carbocycles. The van der Waals surface area contributed by atoms with Crippen LogP contribution < -0.4 is 0 Å². The normalized spacial score (nSPS) is 17.6. The number of nitrogens with zero attached hydrogens (tertiary/aromatic N) is 5. The zero-order valence-electron chi connectivity index (χ0n) is 18.7. The van der Waals surface area contributed by atoms with Gasteiger partial charge in [-0.3, -0.25) is 9.78 Å². The summed E-state index contributed by atoms with van der Waals surface area (Å²) in [5, 5.41) is 0.941. The van der Waals surface area contributed by atoms with Gasteiger partial charge in [-0.25, -0.2) is 4.98 Å². The van der Waals surface area contributed by atoms with Crippen LogP contribution >= 0.6 is 23.2 Å². The van der Waals surface area contributed by atoms with E-state index >= 15 is 0 Å². The molecule has 172 valence electrons. The predicted octanol–water partition coefficient (Wildman–Crippen LogP) is 5.16. The summed E-state index contributed by atoms with van der Waals surface area (Å²) >= 11 is 12.4. The number of likely N-dealkylation sites (tertiary alicyclic amines) is 2. The van der Waals surface area contributed by atoms with Crippen LogP contribution in [0.25, 0.3) is 22.6 Å². The van der Waals surface area contributed by atoms with Crippen molar-refractivity contribution in [3.05, 3.63) is 58.5 Å². The highest BCUT2D eigenvalue weighted by Crippen LogP contribution is 2.33. The number of hydrogen-bond donors (Lipinski definition) is 0. The van der Waals surface area contributed by atoms with Crippen molar-refractivity contribution in [3.8, 4) is 22.6 Å². The van der Waals surface area contributed by atoms with Gasteiger partial charge in [-0.1, -0.05) is 23.2 Å². The van der Waals surface area contributed by atoms with Gasteiger partial charge in [-0.15, -0.1) is 0 Å². The van der Waals surface area contributed by atoms with E-state index in [4.69, 9.17) is 28.2 Å². The number of imidazole rings is 1. The zero-order chi connectivity index (χ0) is 22.9. The number of carbonyl (C=O) groups excluding carboxylic acids is 1. The molecule has 5 rings (SSSR count). The number of rotatable bonds is 4. The Morgan fingerprint density at radius 2 is 1.76 bits per heavy atom. The van der Waals surface area contributed by atoms with Crippen LogP contribution in [-0.2, 0) is 7.05 Å². The van der Waals surface area contributed by atoms with E-state index in [1.807, 2.05) is 34.7 Å². The second kappa shape index (κ2) is 9.45. The van der Waals surface area contributed by atoms with Crippen molar-refractivity contribution in [1.29, 1.82) is 0 Å². The molecule has 6 nitrogen and oxygen atoms in total. The Balaban J connectivity index is 1.48. The lowest BCUT2D eigenvalue weighted by Gasteiger charge is -2.36. The molecule has 1 amide bonds. The molecular formula is C25H27Cl2N5O. The van der Waals surface area contributed by atoms with E-state index in [2.05, 4.69) is 9.88 Å². The van der Waals surface area contributed by atoms with E-state index in [-0.39, 0.29) is 5.91 Å². The average Bonchev–Trinajstić information content (AvgIpc) is 3.50. The summed E-state index contributed by atoms with van der Waals surface area (Å²) in [6, 6.07) is 9.80. The molecule has 2 aromatic heterocycles. The highest BCUT2D eigenvalue weighted by Gasteiger charge is 2.32. The number of piperidine rings is 1. The Labute approximate surface area is 204 Å². The number of halogens is 2. The molecule has 0 aliphatic carbocycles. The van der Waals surface area contributed by atoms with Crippen LogP contribution in [0.2, 0.25) is 10.0 Å². The van der Waals surface area contributed by atoms with Crippen molar-refractivity contribution in [2.24, 2.45) is 7.05 Å². The topological polar surface area (TPSA) is 54.3 Å². The van der Waals surface area contributed by atoms with Crippen LogP contribution in [0.1, 0.15) is 36.2 Å². The average molecular weight is 484 g/mol. The first-order valence-corrected chi connectivity index (χ1v) is 12.2. The lowest BCUT2D eigenvalue weighted by Crippen LogP contribution is -2.46. The van der Waals surface area contributed by atoms with Crippen LogP contribution in [0.4, 0.5) is 0 Å². The summed E-state index contributed by atoms with van der Waals surface area (Å²) in [5.74, 6) is 0.678. The largest absolute Gasteiger partial charge is 0.337 e. The minimum Gasteiger partial charge on any atom is -0.337 e. The lowest BCUT2D eigenvalue weighted by molar-refractivity contribution is 0.0636. The fraction of sp³-hybridized carbons (Fsp3) is 0.400. The van der Waals surface area contributed by atoms with Crippen LogP contribution in [0.3, 0.4) is 0 Å². The van der Waals surface area contributed by atoms with Crippen molar-refractivity contribution in [2.75, 3.05) is 26.2 Å². The number of aromatic nitrogens is 3. The maximum atomic E-state index is 13.8. The molecule has 0 radical (unpaired) electrons. The Morgan fingerprint density at radius 3 is 2.42 bits per heavy atom. The highest BCUT2D eigenvalue weighted by atomic mass is 35.5. The molecule has 0 atom stereocenters. The second-order valence-corrected chi connectivity index (χ2v) is 9.64. The molecule has 2 aliphatic rings. The maximum absolute atomic E-state index is 13.8. The number of pyridine rings is 1. The number of benzene rings is 1. The maximum Gasteiger partial charge on any atom is 0.272 e. The summed E-state index contributed by atoms with van der Waals surface area (Å²) in [5.41, 5.74) is 2.83. The quantitative estimate of drug-likeness (QED) is 0.514. The third kappa shape index (κ3) is 4.39. The Kier molecular flexibility index (Phi) is 6.41. The molecule has 33 heavy (non-hydrogen) atoms. The Morgan fingerprint density at radius 1 is 1.00 bits per heavy atom. The van der Waals surface area contributed by atoms with Gasteiger partial charge in [0.05, 0.1) is 10.0 Å². The van der Waals surface area contributed by atoms with Gasteiger partial charge >= 0.3 is 0 Å². The van der Waals surface area contributed by atoms with E-state index < -0.39 is 0 Å². The Bertz CT molecular complexity index is 1150. The second-order valence-electron chi connectivity index (χ2n) is 8.83. The van der Waals surface area contributed by atoms with Crippen LogP contribution in [0.5, 0.6) is 0 Å². The van der Waals surface area contributed by atoms with Gasteiger partial charge in [0.25, 0.3) is 5.91 Å². The number of amides is 1. The van der Waals surface area contributed by atoms with E-state index in [1.54, 1.807) is 24.5 Å². The first-order chi connectivity index (χ1) is 16.0. The van der Waals surface area contributed by atoms with E-state index in [0.29, 0.717) is 33.3 Å². The smallest absolute Gasteiger partial charge is 0.272 e. The van der Waals surface area contributed by atoms with Gasteiger partial charge in [0.1, 0.15) is 17.2 Å². The molecule has 4 heterocycles. The van der Waals surface area contributed by atoms with Crippen molar-refractivity contribution in [1.82, 2.24) is 24.3 Å². The fourth-order valence-corrected chi connectivity index (χ4v) is 5.33. The molecule has 0 unspecified atom stereocenters. The minimum atomic E-state index is 0.00929. The molecule has 0 N–H and O–H groups in total. The van der Waals surface area contributed by atoms with Gasteiger partial charge < -0.3 is 14.4 Å². The summed E-state index contributed by atoms with van der Waals surface area (Å²) in [6.45, 7) is 3.91. The fourth-order valence-electron chi connectivity index (χ4n) is 5.03. The molecule has 8 heteroatoms. The number of carbonyl (C=O) groups is 1. The predicted molar refractivity (Wildman–Crippen MR) is 132 cm³/mol. The van der Waals surface area contributed by atoms with Gasteiger partial charge in [0.15, 0.2) is 0 Å². The molecular weight excluding hydrogens is 457 g/mol. The summed E-state index contributed by atoms with van der Waals surface area (Å²) < 4.78 is 1.87. The van der Waals surface area contributed by atoms with Gasteiger partial charge in [-0.05, 0) is 69.1 Å². The number of hydrogen-bond acceptors (Lipinski definition) is 4. The van der Waals surface area contributed by atoms with E-state index in [1.165, 1.54) is 25.9 Å². The molecule has 3 aromatic rings. The summed E-state index contributed by atoms with van der Waals surface area (Å²) in [4.78, 5) is 27.5.